The summed E-state index contributed by atoms with van der Waals surface area (Å²) < 4.78 is 21.4. The predicted octanol–water partition coefficient (Wildman–Crippen LogP) is 7.95. The van der Waals surface area contributed by atoms with E-state index in [2.05, 4.69) is 26.3 Å². The van der Waals surface area contributed by atoms with Crippen LogP contribution in [0.1, 0.15) is 49.9 Å². The number of esters is 4. The third-order valence-electron chi connectivity index (χ3n) is 5.91. The zero-order valence-electron chi connectivity index (χ0n) is 26.2. The van der Waals surface area contributed by atoms with Gasteiger partial charge in [-0.1, -0.05) is 74.9 Å². The van der Waals surface area contributed by atoms with E-state index in [0.717, 1.165) is 11.1 Å². The Balaban J connectivity index is 1.83. The van der Waals surface area contributed by atoms with Gasteiger partial charge in [-0.15, -0.1) is 0 Å². The highest BCUT2D eigenvalue weighted by molar-refractivity contribution is 5.91. The molecule has 0 N–H and O–H groups in total. The van der Waals surface area contributed by atoms with Crippen molar-refractivity contribution in [3.05, 3.63) is 132 Å². The fourth-order valence-electron chi connectivity index (χ4n) is 3.50. The second-order valence-corrected chi connectivity index (χ2v) is 10.5. The van der Waals surface area contributed by atoms with Crippen LogP contribution in [-0.2, 0) is 19.2 Å². The lowest BCUT2D eigenvalue weighted by Gasteiger charge is -2.09. The van der Waals surface area contributed by atoms with Crippen LogP contribution in [0.15, 0.2) is 109 Å². The van der Waals surface area contributed by atoms with Gasteiger partial charge >= 0.3 is 23.9 Å². The fourth-order valence-corrected chi connectivity index (χ4v) is 3.50. The Morgan fingerprint density at radius 2 is 0.630 bits per heavy atom. The van der Waals surface area contributed by atoms with E-state index >= 15 is 0 Å². The van der Waals surface area contributed by atoms with Gasteiger partial charge in [-0.05, 0) is 74.2 Å². The first-order valence-electron chi connectivity index (χ1n) is 14.0. The SMILES string of the molecule is C=C(C)C(=O)Oc1cc(C=Cc2ccc(C=Cc3cc(OC(=O)C(=C)C)cc(OC(=O)C(=C)C)c3)cc2)cc(OC(=O)C(=C)C)c1. The minimum Gasteiger partial charge on any atom is -0.423 e. The van der Waals surface area contributed by atoms with Gasteiger partial charge in [-0.3, -0.25) is 0 Å². The molecule has 0 unspecified atom stereocenters. The molecule has 8 heteroatoms. The topological polar surface area (TPSA) is 105 Å². The molecule has 0 saturated heterocycles. The van der Waals surface area contributed by atoms with Crippen LogP contribution in [0.25, 0.3) is 24.3 Å². The molecule has 0 aliphatic heterocycles. The summed E-state index contributed by atoms with van der Waals surface area (Å²) in [6, 6.07) is 17.0. The van der Waals surface area contributed by atoms with Crippen molar-refractivity contribution >= 4 is 48.2 Å². The number of ether oxygens (including phenoxy) is 4. The minimum atomic E-state index is -0.606. The molecule has 0 fully saturated rings. The van der Waals surface area contributed by atoms with Crippen LogP contribution < -0.4 is 18.9 Å². The average molecular weight is 619 g/mol. The molecule has 8 nitrogen and oxygen atoms in total. The lowest BCUT2D eigenvalue weighted by molar-refractivity contribution is -0.131. The first-order chi connectivity index (χ1) is 21.7. The van der Waals surface area contributed by atoms with E-state index in [0.29, 0.717) is 11.1 Å². The van der Waals surface area contributed by atoms with Crippen molar-refractivity contribution in [3.8, 4) is 23.0 Å². The van der Waals surface area contributed by atoms with Crippen LogP contribution in [0.4, 0.5) is 0 Å². The Bertz CT molecular complexity index is 1580. The van der Waals surface area contributed by atoms with E-state index < -0.39 is 23.9 Å². The van der Waals surface area contributed by atoms with Gasteiger partial charge in [0.2, 0.25) is 0 Å². The maximum absolute atomic E-state index is 12.1. The maximum atomic E-state index is 12.1. The van der Waals surface area contributed by atoms with E-state index in [1.807, 2.05) is 36.4 Å². The average Bonchev–Trinajstić information content (AvgIpc) is 2.99. The smallest absolute Gasteiger partial charge is 0.338 e. The first-order valence-corrected chi connectivity index (χ1v) is 14.0. The van der Waals surface area contributed by atoms with Crippen molar-refractivity contribution in [2.45, 2.75) is 27.7 Å². The largest absolute Gasteiger partial charge is 0.423 e. The zero-order chi connectivity index (χ0) is 34.0. The molecule has 0 atom stereocenters. The van der Waals surface area contributed by atoms with Crippen molar-refractivity contribution in [3.63, 3.8) is 0 Å². The van der Waals surface area contributed by atoms with Crippen LogP contribution in [0, 0.1) is 0 Å². The van der Waals surface area contributed by atoms with E-state index in [-0.39, 0.29) is 45.3 Å². The van der Waals surface area contributed by atoms with Gasteiger partial charge in [0.25, 0.3) is 0 Å². The van der Waals surface area contributed by atoms with Crippen LogP contribution in [0.2, 0.25) is 0 Å². The zero-order valence-corrected chi connectivity index (χ0v) is 26.2. The van der Waals surface area contributed by atoms with Gasteiger partial charge in [-0.25, -0.2) is 19.2 Å². The Hall–Kier alpha value is -6.02. The van der Waals surface area contributed by atoms with Crippen LogP contribution in [0.5, 0.6) is 23.0 Å². The quantitative estimate of drug-likeness (QED) is 0.0872. The van der Waals surface area contributed by atoms with Crippen molar-refractivity contribution in [2.24, 2.45) is 0 Å². The molecule has 3 rings (SSSR count). The number of rotatable bonds is 12. The number of carbonyl (C=O) groups excluding carboxylic acids is 4. The number of hydrogen-bond donors (Lipinski definition) is 0. The van der Waals surface area contributed by atoms with Crippen LogP contribution in [0.3, 0.4) is 0 Å². The summed E-state index contributed by atoms with van der Waals surface area (Å²) in [4.78, 5) is 48.3. The maximum Gasteiger partial charge on any atom is 0.338 e. The molecule has 0 saturated carbocycles. The minimum absolute atomic E-state index is 0.191. The molecule has 0 spiro atoms. The molecule has 234 valence electrons. The summed E-state index contributed by atoms with van der Waals surface area (Å²) in [6.45, 7) is 20.5. The Morgan fingerprint density at radius 1 is 0.413 bits per heavy atom. The van der Waals surface area contributed by atoms with Crippen LogP contribution >= 0.6 is 0 Å². The third kappa shape index (κ3) is 10.6. The van der Waals surface area contributed by atoms with Gasteiger partial charge in [0.05, 0.1) is 0 Å². The van der Waals surface area contributed by atoms with Crippen molar-refractivity contribution in [1.29, 1.82) is 0 Å². The lowest BCUT2D eigenvalue weighted by atomic mass is 10.1. The third-order valence-corrected chi connectivity index (χ3v) is 5.91. The summed E-state index contributed by atoms with van der Waals surface area (Å²) >= 11 is 0. The van der Waals surface area contributed by atoms with E-state index in [1.165, 1.54) is 39.8 Å². The van der Waals surface area contributed by atoms with Crippen molar-refractivity contribution in [2.75, 3.05) is 0 Å². The summed E-state index contributed by atoms with van der Waals surface area (Å²) in [5.41, 5.74) is 3.87. The Labute approximate surface area is 268 Å². The van der Waals surface area contributed by atoms with Gasteiger partial charge in [0, 0.05) is 34.4 Å². The molecule has 0 amide bonds. The molecular weight excluding hydrogens is 584 g/mol. The number of carbonyl (C=O) groups is 4. The van der Waals surface area contributed by atoms with E-state index in [1.54, 1.807) is 36.4 Å². The molecular formula is C38H34O8. The molecule has 0 aliphatic rings. The summed E-state index contributed by atoms with van der Waals surface area (Å²) in [5.74, 6) is -1.66. The molecule has 46 heavy (non-hydrogen) atoms. The Kier molecular flexibility index (Phi) is 11.7. The predicted molar refractivity (Wildman–Crippen MR) is 179 cm³/mol. The molecule has 0 aliphatic carbocycles. The monoisotopic (exact) mass is 618 g/mol. The van der Waals surface area contributed by atoms with Crippen LogP contribution in [-0.4, -0.2) is 23.9 Å². The molecule has 3 aromatic rings. The normalized spacial score (nSPS) is 10.7. The molecule has 0 aromatic heterocycles. The first kappa shape index (κ1) is 34.5. The Morgan fingerprint density at radius 3 is 0.848 bits per heavy atom. The fraction of sp³-hybridized carbons (Fsp3) is 0.105. The standard InChI is InChI=1S/C38H34O8/c1-23(2)35(39)43-31-17-29(18-32(21-31)44-36(40)24(3)4)15-13-27-9-11-28(12-10-27)14-16-30-19-33(45-37(41)25(5)6)22-34(20-30)46-38(42)26(7)8/h9-22H,1,3,5,7H2,2,4,6,8H3. The second-order valence-electron chi connectivity index (χ2n) is 10.5. The summed E-state index contributed by atoms with van der Waals surface area (Å²) in [7, 11) is 0. The highest BCUT2D eigenvalue weighted by Crippen LogP contribution is 2.27. The molecule has 0 radical (unpaired) electrons. The summed E-state index contributed by atoms with van der Waals surface area (Å²) in [6.07, 6.45) is 7.26. The second kappa shape index (κ2) is 15.6. The van der Waals surface area contributed by atoms with Gasteiger partial charge in [-0.2, -0.15) is 0 Å². The van der Waals surface area contributed by atoms with Gasteiger partial charge in [0.15, 0.2) is 0 Å². The molecule has 0 heterocycles. The lowest BCUT2D eigenvalue weighted by Crippen LogP contribution is -2.10. The molecule has 3 aromatic carbocycles. The van der Waals surface area contributed by atoms with Gasteiger partial charge in [0.1, 0.15) is 23.0 Å². The van der Waals surface area contributed by atoms with Crippen molar-refractivity contribution in [1.82, 2.24) is 0 Å². The summed E-state index contributed by atoms with van der Waals surface area (Å²) in [5, 5.41) is 0. The van der Waals surface area contributed by atoms with E-state index in [4.69, 9.17) is 18.9 Å². The number of hydrogen-bond acceptors (Lipinski definition) is 8. The highest BCUT2D eigenvalue weighted by Gasteiger charge is 2.13. The molecule has 0 bridgehead atoms. The number of benzene rings is 3. The van der Waals surface area contributed by atoms with E-state index in [9.17, 15) is 19.2 Å². The highest BCUT2D eigenvalue weighted by atomic mass is 16.6. The van der Waals surface area contributed by atoms with Crippen molar-refractivity contribution < 1.29 is 38.1 Å². The van der Waals surface area contributed by atoms with Gasteiger partial charge < -0.3 is 18.9 Å².